The zero-order valence-corrected chi connectivity index (χ0v) is 17.1. The average Bonchev–Trinajstić information content (AvgIpc) is 2.72. The first-order chi connectivity index (χ1) is 13.9. The highest BCUT2D eigenvalue weighted by Crippen LogP contribution is 2.28. The van der Waals surface area contributed by atoms with E-state index in [4.69, 9.17) is 9.17 Å². The minimum atomic E-state index is -3.87. The Morgan fingerprint density at radius 3 is 2.31 bits per heavy atom. The molecule has 4 nitrogen and oxygen atoms in total. The average molecular weight is 404 g/mol. The molecule has 0 amide bonds. The molecule has 146 valence electrons. The van der Waals surface area contributed by atoms with E-state index >= 15 is 0 Å². The number of hydrogen-bond donors (Lipinski definition) is 0. The van der Waals surface area contributed by atoms with E-state index in [1.807, 2.05) is 68.4 Å². The SMILES string of the molecule is Cc1ccc(S(=O)(=O)OCc2nc(-c3ccccc3C)cc3ccccc23)cc1. The molecule has 0 fully saturated rings. The maximum atomic E-state index is 12.6. The molecule has 0 atom stereocenters. The van der Waals surface area contributed by atoms with Crippen LogP contribution >= 0.6 is 0 Å². The summed E-state index contributed by atoms with van der Waals surface area (Å²) in [7, 11) is -3.87. The summed E-state index contributed by atoms with van der Waals surface area (Å²) in [4.78, 5) is 4.89. The lowest BCUT2D eigenvalue weighted by molar-refractivity contribution is 0.305. The predicted molar refractivity (Wildman–Crippen MR) is 115 cm³/mol. The van der Waals surface area contributed by atoms with Crippen LogP contribution in [0.2, 0.25) is 0 Å². The normalized spacial score (nSPS) is 11.7. The lowest BCUT2D eigenvalue weighted by Gasteiger charge is -2.12. The third-order valence-electron chi connectivity index (χ3n) is 4.90. The summed E-state index contributed by atoms with van der Waals surface area (Å²) in [6, 6.07) is 24.4. The van der Waals surface area contributed by atoms with Crippen molar-refractivity contribution in [1.82, 2.24) is 4.98 Å². The van der Waals surface area contributed by atoms with Gasteiger partial charge < -0.3 is 0 Å². The highest BCUT2D eigenvalue weighted by Gasteiger charge is 2.17. The summed E-state index contributed by atoms with van der Waals surface area (Å²) in [6.45, 7) is 3.81. The number of pyridine rings is 1. The van der Waals surface area contributed by atoms with Crippen molar-refractivity contribution in [2.75, 3.05) is 0 Å². The third kappa shape index (κ3) is 4.06. The van der Waals surface area contributed by atoms with Crippen LogP contribution in [0.1, 0.15) is 16.8 Å². The smallest absolute Gasteiger partial charge is 0.260 e. The molecule has 0 spiro atoms. The van der Waals surface area contributed by atoms with Crippen LogP contribution in [-0.2, 0) is 20.9 Å². The molecular weight excluding hydrogens is 382 g/mol. The van der Waals surface area contributed by atoms with Crippen LogP contribution in [-0.4, -0.2) is 13.4 Å². The van der Waals surface area contributed by atoms with Crippen molar-refractivity contribution in [3.05, 3.63) is 95.7 Å². The summed E-state index contributed by atoms with van der Waals surface area (Å²) in [5, 5.41) is 1.87. The fraction of sp³-hybridized carbons (Fsp3) is 0.125. The maximum Gasteiger partial charge on any atom is 0.297 e. The number of fused-ring (bicyclic) bond motifs is 1. The van der Waals surface area contributed by atoms with Gasteiger partial charge in [0.1, 0.15) is 6.61 Å². The van der Waals surface area contributed by atoms with E-state index in [9.17, 15) is 8.42 Å². The fourth-order valence-corrected chi connectivity index (χ4v) is 4.16. The largest absolute Gasteiger partial charge is 0.297 e. The molecule has 4 aromatic rings. The standard InChI is InChI=1S/C24H21NO3S/c1-17-11-13-20(14-12-17)29(26,27)28-16-24-22-10-6-4-8-19(22)15-23(25-24)21-9-5-3-7-18(21)2/h3-15H,16H2,1-2H3. The molecule has 4 rings (SSSR count). The first-order valence-corrected chi connectivity index (χ1v) is 10.8. The molecule has 0 radical (unpaired) electrons. The molecule has 0 unspecified atom stereocenters. The van der Waals surface area contributed by atoms with E-state index in [-0.39, 0.29) is 11.5 Å². The van der Waals surface area contributed by atoms with Crippen molar-refractivity contribution in [1.29, 1.82) is 0 Å². The van der Waals surface area contributed by atoms with Gasteiger partial charge in [-0.2, -0.15) is 8.42 Å². The number of hydrogen-bond acceptors (Lipinski definition) is 4. The number of aromatic nitrogens is 1. The Morgan fingerprint density at radius 1 is 0.862 bits per heavy atom. The molecule has 1 heterocycles. The van der Waals surface area contributed by atoms with Crippen LogP contribution in [0.25, 0.3) is 22.0 Å². The molecule has 0 saturated carbocycles. The van der Waals surface area contributed by atoms with Crippen molar-refractivity contribution in [2.24, 2.45) is 0 Å². The van der Waals surface area contributed by atoms with E-state index < -0.39 is 10.1 Å². The van der Waals surface area contributed by atoms with E-state index in [1.165, 1.54) is 0 Å². The lowest BCUT2D eigenvalue weighted by atomic mass is 10.0. The van der Waals surface area contributed by atoms with Crippen LogP contribution in [0.3, 0.4) is 0 Å². The maximum absolute atomic E-state index is 12.6. The molecule has 0 bridgehead atoms. The second-order valence-electron chi connectivity index (χ2n) is 7.02. The van der Waals surface area contributed by atoms with E-state index in [2.05, 4.69) is 0 Å². The van der Waals surface area contributed by atoms with Gasteiger partial charge in [-0.15, -0.1) is 0 Å². The molecule has 0 N–H and O–H groups in total. The van der Waals surface area contributed by atoms with Crippen molar-refractivity contribution in [2.45, 2.75) is 25.3 Å². The zero-order chi connectivity index (χ0) is 20.4. The number of aryl methyl sites for hydroxylation is 2. The van der Waals surface area contributed by atoms with Crippen molar-refractivity contribution in [3.63, 3.8) is 0 Å². The van der Waals surface area contributed by atoms with E-state index in [0.717, 1.165) is 33.2 Å². The molecule has 3 aromatic carbocycles. The molecule has 0 aliphatic heterocycles. The van der Waals surface area contributed by atoms with Crippen LogP contribution in [0.15, 0.2) is 83.8 Å². The van der Waals surface area contributed by atoms with Gasteiger partial charge in [0.25, 0.3) is 10.1 Å². The Labute approximate surface area is 170 Å². The lowest BCUT2D eigenvalue weighted by Crippen LogP contribution is -2.08. The highest BCUT2D eigenvalue weighted by molar-refractivity contribution is 7.86. The van der Waals surface area contributed by atoms with Crippen LogP contribution in [0.4, 0.5) is 0 Å². The van der Waals surface area contributed by atoms with Gasteiger partial charge in [-0.1, -0.05) is 66.2 Å². The summed E-state index contributed by atoms with van der Waals surface area (Å²) in [5.74, 6) is 0. The summed E-state index contributed by atoms with van der Waals surface area (Å²) < 4.78 is 30.6. The number of nitrogens with zero attached hydrogens (tertiary/aromatic N) is 1. The van der Waals surface area contributed by atoms with E-state index in [0.29, 0.717) is 5.69 Å². The monoisotopic (exact) mass is 403 g/mol. The van der Waals surface area contributed by atoms with Gasteiger partial charge >= 0.3 is 0 Å². The molecule has 5 heteroatoms. The zero-order valence-electron chi connectivity index (χ0n) is 16.3. The first kappa shape index (κ1) is 19.3. The van der Waals surface area contributed by atoms with Gasteiger partial charge in [-0.25, -0.2) is 4.98 Å². The highest BCUT2D eigenvalue weighted by atomic mass is 32.2. The van der Waals surface area contributed by atoms with Crippen LogP contribution in [0, 0.1) is 13.8 Å². The second-order valence-corrected chi connectivity index (χ2v) is 8.63. The van der Waals surface area contributed by atoms with Crippen LogP contribution < -0.4 is 0 Å². The summed E-state index contributed by atoms with van der Waals surface area (Å²) in [5.41, 5.74) is 4.50. The molecule has 29 heavy (non-hydrogen) atoms. The fourth-order valence-electron chi connectivity index (χ4n) is 3.29. The predicted octanol–water partition coefficient (Wildman–Crippen LogP) is 5.42. The minimum Gasteiger partial charge on any atom is -0.260 e. The van der Waals surface area contributed by atoms with E-state index in [1.54, 1.807) is 24.3 Å². The summed E-state index contributed by atoms with van der Waals surface area (Å²) >= 11 is 0. The van der Waals surface area contributed by atoms with Crippen molar-refractivity contribution < 1.29 is 12.6 Å². The molecular formula is C24H21NO3S. The third-order valence-corrected chi connectivity index (χ3v) is 6.18. The van der Waals surface area contributed by atoms with Gasteiger partial charge in [0.2, 0.25) is 0 Å². The van der Waals surface area contributed by atoms with Crippen LogP contribution in [0.5, 0.6) is 0 Å². The van der Waals surface area contributed by atoms with Gasteiger partial charge in [-0.3, -0.25) is 4.18 Å². The minimum absolute atomic E-state index is 0.129. The Hall–Kier alpha value is -3.02. The number of benzene rings is 3. The molecule has 0 saturated heterocycles. The first-order valence-electron chi connectivity index (χ1n) is 9.35. The Kier molecular flexibility index (Phi) is 5.18. The molecule has 0 aliphatic carbocycles. The van der Waals surface area contributed by atoms with Gasteiger partial charge in [-0.05, 0) is 43.0 Å². The van der Waals surface area contributed by atoms with Crippen molar-refractivity contribution >= 4 is 20.9 Å². The molecule has 0 aliphatic rings. The van der Waals surface area contributed by atoms with Crippen molar-refractivity contribution in [3.8, 4) is 11.3 Å². The van der Waals surface area contributed by atoms with Gasteiger partial charge in [0.05, 0.1) is 16.3 Å². The molecule has 1 aromatic heterocycles. The summed E-state index contributed by atoms with van der Waals surface area (Å²) in [6.07, 6.45) is 0. The van der Waals surface area contributed by atoms with Gasteiger partial charge in [0, 0.05) is 10.9 Å². The Morgan fingerprint density at radius 2 is 1.55 bits per heavy atom. The Bertz CT molecular complexity index is 1280. The number of rotatable bonds is 5. The Balaban J connectivity index is 1.73. The second kappa shape index (κ2) is 7.78. The quantitative estimate of drug-likeness (QED) is 0.417. The van der Waals surface area contributed by atoms with Gasteiger partial charge in [0.15, 0.2) is 0 Å². The topological polar surface area (TPSA) is 56.3 Å².